The molecular formula is C15H13Cl2NOS. The van der Waals surface area contributed by atoms with E-state index in [1.807, 2.05) is 48.5 Å². The van der Waals surface area contributed by atoms with E-state index in [0.29, 0.717) is 6.54 Å². The molecule has 0 aliphatic rings. The van der Waals surface area contributed by atoms with E-state index >= 15 is 0 Å². The molecule has 0 radical (unpaired) electrons. The number of halogens is 2. The number of carbonyl (C=O) groups excluding carboxylic acids is 1. The van der Waals surface area contributed by atoms with Crippen molar-refractivity contribution in [2.24, 2.45) is 0 Å². The van der Waals surface area contributed by atoms with Crippen LogP contribution < -0.4 is 5.32 Å². The van der Waals surface area contributed by atoms with Gasteiger partial charge in [-0.3, -0.25) is 4.79 Å². The maximum Gasteiger partial charge on any atom is 0.235 e. The predicted octanol–water partition coefficient (Wildman–Crippen LogP) is 4.35. The molecule has 0 unspecified atom stereocenters. The van der Waals surface area contributed by atoms with E-state index in [4.69, 9.17) is 23.2 Å². The zero-order chi connectivity index (χ0) is 14.4. The van der Waals surface area contributed by atoms with Crippen LogP contribution in [0.1, 0.15) is 5.56 Å². The summed E-state index contributed by atoms with van der Waals surface area (Å²) in [5.41, 5.74) is 1.06. The van der Waals surface area contributed by atoms with Crippen molar-refractivity contribution in [1.29, 1.82) is 0 Å². The first-order valence-corrected chi connectivity index (χ1v) is 7.76. The maximum atomic E-state index is 11.2. The summed E-state index contributed by atoms with van der Waals surface area (Å²) in [4.78, 5) is 13.4. The van der Waals surface area contributed by atoms with Gasteiger partial charge in [-0.25, -0.2) is 0 Å². The summed E-state index contributed by atoms with van der Waals surface area (Å²) in [7, 11) is 0. The molecule has 5 heteroatoms. The highest BCUT2D eigenvalue weighted by Crippen LogP contribution is 2.31. The molecule has 0 spiro atoms. The van der Waals surface area contributed by atoms with Crippen LogP contribution in [-0.4, -0.2) is 11.8 Å². The highest BCUT2D eigenvalue weighted by molar-refractivity contribution is 7.99. The first-order chi connectivity index (χ1) is 9.69. The summed E-state index contributed by atoms with van der Waals surface area (Å²) in [5, 5.41) is 3.50. The van der Waals surface area contributed by atoms with Gasteiger partial charge in [-0.2, -0.15) is 0 Å². The second kappa shape index (κ2) is 7.58. The Bertz CT molecular complexity index is 587. The smallest absolute Gasteiger partial charge is 0.235 e. The van der Waals surface area contributed by atoms with Crippen molar-refractivity contribution in [3.05, 3.63) is 59.1 Å². The van der Waals surface area contributed by atoms with E-state index in [2.05, 4.69) is 5.32 Å². The summed E-state index contributed by atoms with van der Waals surface area (Å²) in [6.45, 7) is 0.475. The fourth-order valence-corrected chi connectivity index (χ4v) is 2.78. The normalized spacial score (nSPS) is 10.3. The molecule has 0 atom stereocenters. The molecule has 0 bridgehead atoms. The van der Waals surface area contributed by atoms with Crippen LogP contribution in [0.3, 0.4) is 0 Å². The number of amides is 1. The van der Waals surface area contributed by atoms with Gasteiger partial charge in [0.25, 0.3) is 0 Å². The van der Waals surface area contributed by atoms with Gasteiger partial charge in [-0.1, -0.05) is 41.6 Å². The van der Waals surface area contributed by atoms with Crippen molar-refractivity contribution < 1.29 is 4.79 Å². The lowest BCUT2D eigenvalue weighted by molar-refractivity contribution is -0.118. The Morgan fingerprint density at radius 1 is 1.10 bits per heavy atom. The van der Waals surface area contributed by atoms with E-state index in [-0.39, 0.29) is 11.8 Å². The molecule has 2 aromatic carbocycles. The van der Waals surface area contributed by atoms with Gasteiger partial charge in [0, 0.05) is 21.4 Å². The standard InChI is InChI=1S/C15H13Cl2NOS/c16-9-15(19)18-10-11-3-1-2-4-14(11)20-13-7-5-12(17)6-8-13/h1-8H,9-10H2,(H,18,19). The monoisotopic (exact) mass is 325 g/mol. The Labute approximate surface area is 132 Å². The van der Waals surface area contributed by atoms with Gasteiger partial charge in [0.15, 0.2) is 0 Å². The lowest BCUT2D eigenvalue weighted by atomic mass is 10.2. The average Bonchev–Trinajstić information content (AvgIpc) is 2.48. The Balaban J connectivity index is 2.11. The van der Waals surface area contributed by atoms with Crippen molar-refractivity contribution in [3.8, 4) is 0 Å². The van der Waals surface area contributed by atoms with Gasteiger partial charge in [-0.05, 0) is 35.9 Å². The number of hydrogen-bond donors (Lipinski definition) is 1. The van der Waals surface area contributed by atoms with Gasteiger partial charge in [0.2, 0.25) is 5.91 Å². The van der Waals surface area contributed by atoms with Gasteiger partial charge >= 0.3 is 0 Å². The third-order valence-corrected chi connectivity index (χ3v) is 4.23. The van der Waals surface area contributed by atoms with E-state index in [1.165, 1.54) is 0 Å². The van der Waals surface area contributed by atoms with Crippen molar-refractivity contribution in [2.45, 2.75) is 16.3 Å². The first kappa shape index (κ1) is 15.2. The van der Waals surface area contributed by atoms with Crippen LogP contribution in [0.15, 0.2) is 58.3 Å². The first-order valence-electron chi connectivity index (χ1n) is 6.03. The predicted molar refractivity (Wildman–Crippen MR) is 84.6 cm³/mol. The largest absolute Gasteiger partial charge is 0.351 e. The Morgan fingerprint density at radius 3 is 2.50 bits per heavy atom. The molecule has 0 fully saturated rings. The molecule has 0 aliphatic heterocycles. The van der Waals surface area contributed by atoms with Gasteiger partial charge in [0.05, 0.1) is 0 Å². The van der Waals surface area contributed by atoms with Crippen LogP contribution in [0.4, 0.5) is 0 Å². The van der Waals surface area contributed by atoms with Crippen LogP contribution in [0.5, 0.6) is 0 Å². The van der Waals surface area contributed by atoms with Crippen LogP contribution in [0.2, 0.25) is 5.02 Å². The quantitative estimate of drug-likeness (QED) is 0.828. The second-order valence-corrected chi connectivity index (χ2v) is 5.89. The molecule has 2 rings (SSSR count). The number of carbonyl (C=O) groups is 1. The van der Waals surface area contributed by atoms with Gasteiger partial charge < -0.3 is 5.32 Å². The molecule has 0 heterocycles. The highest BCUT2D eigenvalue weighted by Gasteiger charge is 2.05. The molecule has 2 nitrogen and oxygen atoms in total. The van der Waals surface area contributed by atoms with E-state index in [0.717, 1.165) is 20.4 Å². The fourth-order valence-electron chi connectivity index (χ4n) is 1.62. The van der Waals surface area contributed by atoms with Gasteiger partial charge in [0.1, 0.15) is 5.88 Å². The minimum Gasteiger partial charge on any atom is -0.351 e. The van der Waals surface area contributed by atoms with Crippen LogP contribution in [0, 0.1) is 0 Å². The highest BCUT2D eigenvalue weighted by atomic mass is 35.5. The van der Waals surface area contributed by atoms with E-state index in [9.17, 15) is 4.79 Å². The minimum absolute atomic E-state index is 0.0213. The molecule has 20 heavy (non-hydrogen) atoms. The fraction of sp³-hybridized carbons (Fsp3) is 0.133. The Hall–Kier alpha value is -1.16. The molecule has 0 saturated heterocycles. The second-order valence-electron chi connectivity index (χ2n) is 4.07. The molecule has 1 N–H and O–H groups in total. The molecular weight excluding hydrogens is 313 g/mol. The van der Waals surface area contributed by atoms with Crippen molar-refractivity contribution in [2.75, 3.05) is 5.88 Å². The van der Waals surface area contributed by atoms with E-state index < -0.39 is 0 Å². The molecule has 0 aliphatic carbocycles. The van der Waals surface area contributed by atoms with E-state index in [1.54, 1.807) is 11.8 Å². The zero-order valence-corrected chi connectivity index (χ0v) is 12.9. The summed E-state index contributed by atoms with van der Waals surface area (Å²) >= 11 is 13.0. The average molecular weight is 326 g/mol. The molecule has 1 amide bonds. The number of nitrogens with one attached hydrogen (secondary N) is 1. The molecule has 0 aromatic heterocycles. The van der Waals surface area contributed by atoms with Gasteiger partial charge in [-0.15, -0.1) is 11.6 Å². The lowest BCUT2D eigenvalue weighted by Crippen LogP contribution is -2.23. The number of benzene rings is 2. The van der Waals surface area contributed by atoms with Crippen molar-refractivity contribution in [1.82, 2.24) is 5.32 Å². The summed E-state index contributed by atoms with van der Waals surface area (Å²) < 4.78 is 0. The summed E-state index contributed by atoms with van der Waals surface area (Å²) in [6, 6.07) is 15.6. The summed E-state index contributed by atoms with van der Waals surface area (Å²) in [6.07, 6.45) is 0. The Kier molecular flexibility index (Phi) is 5.77. The van der Waals surface area contributed by atoms with Crippen molar-refractivity contribution in [3.63, 3.8) is 0 Å². The minimum atomic E-state index is -0.169. The SMILES string of the molecule is O=C(CCl)NCc1ccccc1Sc1ccc(Cl)cc1. The third kappa shape index (κ3) is 4.44. The third-order valence-electron chi connectivity index (χ3n) is 2.61. The number of rotatable bonds is 5. The Morgan fingerprint density at radius 2 is 1.80 bits per heavy atom. The van der Waals surface area contributed by atoms with Crippen molar-refractivity contribution >= 4 is 40.9 Å². The molecule has 0 saturated carbocycles. The van der Waals surface area contributed by atoms with Crippen LogP contribution in [0.25, 0.3) is 0 Å². The zero-order valence-electron chi connectivity index (χ0n) is 10.6. The number of alkyl halides is 1. The topological polar surface area (TPSA) is 29.1 Å². The lowest BCUT2D eigenvalue weighted by Gasteiger charge is -2.10. The maximum absolute atomic E-state index is 11.2. The van der Waals surface area contributed by atoms with Crippen LogP contribution in [-0.2, 0) is 11.3 Å². The number of hydrogen-bond acceptors (Lipinski definition) is 2. The molecule has 104 valence electrons. The molecule has 2 aromatic rings. The van der Waals surface area contributed by atoms with Crippen LogP contribution >= 0.6 is 35.0 Å². The summed E-state index contributed by atoms with van der Waals surface area (Å²) in [5.74, 6) is -0.190.